The Labute approximate surface area is 624 Å². The Balaban J connectivity index is 0.847. The van der Waals surface area contributed by atoms with Gasteiger partial charge >= 0.3 is 0 Å². The van der Waals surface area contributed by atoms with Crippen LogP contribution in [0.15, 0.2) is 378 Å². The van der Waals surface area contributed by atoms with Gasteiger partial charge in [0.2, 0.25) is 0 Å². The predicted octanol–water partition coefficient (Wildman–Crippen LogP) is 29.2. The Morgan fingerprint density at radius 2 is 0.733 bits per heavy atom. The van der Waals surface area contributed by atoms with Gasteiger partial charge in [0.05, 0.1) is 22.5 Å². The van der Waals surface area contributed by atoms with Crippen molar-refractivity contribution < 1.29 is 4.42 Å². The molecule has 0 radical (unpaired) electrons. The van der Waals surface area contributed by atoms with Crippen LogP contribution in [-0.2, 0) is 5.41 Å². The van der Waals surface area contributed by atoms with Gasteiger partial charge in [0.15, 0.2) is 0 Å². The minimum Gasteiger partial charge on any atom is -0.455 e. The fourth-order valence-electron chi connectivity index (χ4n) is 16.8. The Bertz CT molecular complexity index is 6410. The Kier molecular flexibility index (Phi) is 14.5. The van der Waals surface area contributed by atoms with Crippen LogP contribution in [0.2, 0.25) is 5.02 Å². The largest absolute Gasteiger partial charge is 0.455 e. The SMILES string of the molecule is Clc1ccc2c(c1)-c1c(N(c3ccccc3)c3cc(-c4ccccc4)c4oc5ccccc5c4c3)cccc1C21c2ccc(N(c3ccccc3)c3cc(-c4ccccc4)cc4sc5ccccc5c34)cc2Sc2cc(N(c3ccccc3)c3cc(-c4ccccc4)cc4sc5ccccc5c34)ccc21. The van der Waals surface area contributed by atoms with Crippen molar-refractivity contribution in [1.82, 2.24) is 0 Å². The van der Waals surface area contributed by atoms with E-state index in [1.165, 1.54) is 68.2 Å². The lowest BCUT2D eigenvalue weighted by molar-refractivity contribution is 0.670. The summed E-state index contributed by atoms with van der Waals surface area (Å²) in [4.78, 5) is 9.79. The molecule has 0 bridgehead atoms. The standard InChI is InChI=1S/C97H60ClN3OS3/c98-66-46-49-79-78(56-66)93-82(41-25-42-83(93)101(69-36-17-6-18-37-69)72-57-76(63-30-11-3-12-31-63)96-77(58-72)73-38-19-22-43-86(73)102-96)97(79)80-50-47-70(99(67-32-13-4-14-33-67)84-52-64(61-26-7-1-8-27-61)54-91-94(84)74-39-20-23-44-87(74)103-91)59-89(80)105-90-60-71(48-51-81(90)97)100(68-34-15-5-16-35-68)85-53-65(62-28-9-2-10-29-62)55-92-95(85)75-40-21-24-45-88(75)104-92/h1-60H. The lowest BCUT2D eigenvalue weighted by Gasteiger charge is -2.41. The van der Waals surface area contributed by atoms with Crippen molar-refractivity contribution in [3.8, 4) is 44.5 Å². The van der Waals surface area contributed by atoms with E-state index in [2.05, 4.69) is 379 Å². The van der Waals surface area contributed by atoms with E-state index in [1.54, 1.807) is 0 Å². The van der Waals surface area contributed by atoms with Crippen LogP contribution in [0.25, 0.3) is 107 Å². The summed E-state index contributed by atoms with van der Waals surface area (Å²) in [5, 5.41) is 7.69. The lowest BCUT2D eigenvalue weighted by Crippen LogP contribution is -2.32. The molecule has 0 atom stereocenters. The van der Waals surface area contributed by atoms with Crippen molar-refractivity contribution in [3.05, 3.63) is 391 Å². The van der Waals surface area contributed by atoms with Crippen molar-refractivity contribution in [2.24, 2.45) is 0 Å². The van der Waals surface area contributed by atoms with Crippen molar-refractivity contribution in [2.45, 2.75) is 15.2 Å². The minimum absolute atomic E-state index is 0.666. The highest BCUT2D eigenvalue weighted by Gasteiger charge is 2.52. The molecule has 16 aromatic carbocycles. The molecule has 0 fully saturated rings. The average Bonchev–Trinajstić information content (AvgIpc) is 1.39. The van der Waals surface area contributed by atoms with Gasteiger partial charge in [0.1, 0.15) is 11.2 Å². The van der Waals surface area contributed by atoms with Crippen LogP contribution in [0.5, 0.6) is 0 Å². The van der Waals surface area contributed by atoms with E-state index < -0.39 is 5.41 Å². The molecule has 3 aromatic heterocycles. The molecule has 8 heteroatoms. The zero-order chi connectivity index (χ0) is 69.3. The van der Waals surface area contributed by atoms with Crippen molar-refractivity contribution in [2.75, 3.05) is 14.7 Å². The second kappa shape index (κ2) is 24.8. The molecule has 21 rings (SSSR count). The van der Waals surface area contributed by atoms with Crippen LogP contribution in [-0.4, -0.2) is 0 Å². The van der Waals surface area contributed by atoms with Crippen LogP contribution in [0.1, 0.15) is 22.3 Å². The van der Waals surface area contributed by atoms with Crippen molar-refractivity contribution >= 4 is 160 Å². The summed E-state index contributed by atoms with van der Waals surface area (Å²) in [6.07, 6.45) is 0. The fourth-order valence-corrected chi connectivity index (χ4v) is 20.6. The average molecular weight is 1420 g/mol. The number of anilines is 9. The highest BCUT2D eigenvalue weighted by atomic mass is 35.5. The molecule has 0 amide bonds. The molecule has 1 aliphatic heterocycles. The van der Waals surface area contributed by atoms with Gasteiger partial charge in [-0.2, -0.15) is 0 Å². The third-order valence-corrected chi connectivity index (χ3v) is 24.9. The smallest absolute Gasteiger partial charge is 0.143 e. The van der Waals surface area contributed by atoms with Gasteiger partial charge in [-0.15, -0.1) is 22.7 Å². The molecule has 2 aliphatic rings. The monoisotopic (exact) mass is 1410 g/mol. The van der Waals surface area contributed by atoms with E-state index >= 15 is 0 Å². The summed E-state index contributed by atoms with van der Waals surface area (Å²) >= 11 is 13.1. The van der Waals surface area contributed by atoms with Crippen LogP contribution in [0.4, 0.5) is 51.2 Å². The Morgan fingerprint density at radius 3 is 1.27 bits per heavy atom. The molecular formula is C97H60ClN3OS3. The van der Waals surface area contributed by atoms with Crippen molar-refractivity contribution in [1.29, 1.82) is 0 Å². The summed E-state index contributed by atoms with van der Waals surface area (Å²) in [5.74, 6) is 0. The molecule has 4 nitrogen and oxygen atoms in total. The third kappa shape index (κ3) is 9.87. The number of rotatable bonds is 12. The van der Waals surface area contributed by atoms with Crippen LogP contribution in [0, 0.1) is 0 Å². The maximum atomic E-state index is 7.53. The number of hydrogen-bond donors (Lipinski definition) is 0. The van der Waals surface area contributed by atoms with E-state index in [-0.39, 0.29) is 0 Å². The van der Waals surface area contributed by atoms with Gasteiger partial charge < -0.3 is 19.1 Å². The highest BCUT2D eigenvalue weighted by Crippen LogP contribution is 2.66. The summed E-state index contributed by atoms with van der Waals surface area (Å²) in [7, 11) is 0. The number of benzene rings is 16. The van der Waals surface area contributed by atoms with Gasteiger partial charge in [-0.1, -0.05) is 254 Å². The van der Waals surface area contributed by atoms with Gasteiger partial charge in [0, 0.05) is 111 Å². The molecule has 4 heterocycles. The Morgan fingerprint density at radius 1 is 0.276 bits per heavy atom. The van der Waals surface area contributed by atoms with Crippen LogP contribution < -0.4 is 14.7 Å². The van der Waals surface area contributed by atoms with E-state index in [0.717, 1.165) is 122 Å². The first-order chi connectivity index (χ1) is 52.0. The summed E-state index contributed by atoms with van der Waals surface area (Å²) in [6.45, 7) is 0. The maximum Gasteiger partial charge on any atom is 0.143 e. The third-order valence-electron chi connectivity index (χ3n) is 21.3. The molecule has 1 aliphatic carbocycles. The summed E-state index contributed by atoms with van der Waals surface area (Å²) < 4.78 is 11.9. The quantitative estimate of drug-likeness (QED) is 0.121. The van der Waals surface area contributed by atoms with Crippen molar-refractivity contribution in [3.63, 3.8) is 0 Å². The summed E-state index contributed by atoms with van der Waals surface area (Å²) in [6, 6.07) is 134. The molecule has 0 unspecified atom stereocenters. The number of furan rings is 1. The number of halogens is 1. The number of para-hydroxylation sites is 4. The molecule has 0 saturated heterocycles. The van der Waals surface area contributed by atoms with Gasteiger partial charge in [-0.05, 0) is 189 Å². The normalized spacial score (nSPS) is 12.7. The fraction of sp³-hybridized carbons (Fsp3) is 0.0103. The number of nitrogens with zero attached hydrogens (tertiary/aromatic N) is 3. The van der Waals surface area contributed by atoms with E-state index in [1.807, 2.05) is 34.4 Å². The molecule has 0 saturated carbocycles. The van der Waals surface area contributed by atoms with Crippen LogP contribution in [0.3, 0.4) is 0 Å². The molecular weight excluding hydrogens is 1350 g/mol. The maximum absolute atomic E-state index is 7.53. The number of fused-ring (bicyclic) bond motifs is 18. The molecule has 1 spiro atoms. The second-order valence-electron chi connectivity index (χ2n) is 27.1. The first kappa shape index (κ1) is 61.5. The molecule has 19 aromatic rings. The second-order valence-corrected chi connectivity index (χ2v) is 30.8. The highest BCUT2D eigenvalue weighted by molar-refractivity contribution is 7.99. The van der Waals surface area contributed by atoms with E-state index in [0.29, 0.717) is 5.02 Å². The number of thiophene rings is 2. The molecule has 105 heavy (non-hydrogen) atoms. The van der Waals surface area contributed by atoms with Gasteiger partial charge in [-0.3, -0.25) is 0 Å². The lowest BCUT2D eigenvalue weighted by atomic mass is 9.67. The minimum atomic E-state index is -0.885. The first-order valence-electron chi connectivity index (χ1n) is 35.5. The van der Waals surface area contributed by atoms with Crippen LogP contribution >= 0.6 is 46.0 Å². The topological polar surface area (TPSA) is 22.9 Å². The van der Waals surface area contributed by atoms with E-state index in [9.17, 15) is 0 Å². The molecule has 0 N–H and O–H groups in total. The number of hydrogen-bond acceptors (Lipinski definition) is 7. The van der Waals surface area contributed by atoms with Gasteiger partial charge in [0.25, 0.3) is 0 Å². The van der Waals surface area contributed by atoms with E-state index in [4.69, 9.17) is 16.0 Å². The first-order valence-corrected chi connectivity index (χ1v) is 38.3. The predicted molar refractivity (Wildman–Crippen MR) is 446 cm³/mol. The van der Waals surface area contributed by atoms with Gasteiger partial charge in [-0.25, -0.2) is 0 Å². The molecule has 494 valence electrons. The Hall–Kier alpha value is -12.2. The summed E-state index contributed by atoms with van der Waals surface area (Å²) in [5.41, 5.74) is 24.0. The zero-order valence-corrected chi connectivity index (χ0v) is 59.7. The zero-order valence-electron chi connectivity index (χ0n) is 56.5.